The molecule has 0 spiro atoms. The minimum absolute atomic E-state index is 0.0282. The lowest BCUT2D eigenvalue weighted by Crippen LogP contribution is -2.61. The lowest BCUT2D eigenvalue weighted by Gasteiger charge is -2.47. The molecule has 0 unspecified atom stereocenters. The van der Waals surface area contributed by atoms with E-state index in [0.29, 0.717) is 12.3 Å². The minimum Gasteiger partial charge on any atom is -0.478 e. The van der Waals surface area contributed by atoms with Gasteiger partial charge in [0.2, 0.25) is 6.10 Å². The molecule has 1 heterocycles. The van der Waals surface area contributed by atoms with Crippen LogP contribution in [0.3, 0.4) is 0 Å². The van der Waals surface area contributed by atoms with E-state index in [-0.39, 0.29) is 16.8 Å². The van der Waals surface area contributed by atoms with Gasteiger partial charge in [0.25, 0.3) is 5.91 Å². The Bertz CT molecular complexity index is 862. The second kappa shape index (κ2) is 7.50. The molecule has 0 aromatic heterocycles. The molecule has 2 aromatic rings. The van der Waals surface area contributed by atoms with Crippen molar-refractivity contribution in [2.45, 2.75) is 36.8 Å². The van der Waals surface area contributed by atoms with Crippen LogP contribution in [0.4, 0.5) is 0 Å². The van der Waals surface area contributed by atoms with E-state index in [4.69, 9.17) is 4.74 Å². The first-order valence-electron chi connectivity index (χ1n) is 8.74. The fourth-order valence-electron chi connectivity index (χ4n) is 3.12. The highest BCUT2D eigenvalue weighted by atomic mass is 32.2. The number of benzene rings is 2. The van der Waals surface area contributed by atoms with Gasteiger partial charge in [-0.05, 0) is 36.2 Å². The van der Waals surface area contributed by atoms with E-state index in [1.54, 1.807) is 24.3 Å². The first kappa shape index (κ1) is 18.5. The van der Waals surface area contributed by atoms with Crippen molar-refractivity contribution in [1.82, 2.24) is 4.90 Å². The van der Waals surface area contributed by atoms with Crippen molar-refractivity contribution >= 4 is 15.7 Å². The highest BCUT2D eigenvalue weighted by Gasteiger charge is 2.49. The van der Waals surface area contributed by atoms with E-state index >= 15 is 0 Å². The Morgan fingerprint density at radius 1 is 1.04 bits per heavy atom. The third kappa shape index (κ3) is 3.75. The number of rotatable bonds is 7. The van der Waals surface area contributed by atoms with Crippen LogP contribution in [0.2, 0.25) is 0 Å². The van der Waals surface area contributed by atoms with E-state index in [0.717, 1.165) is 18.4 Å². The summed E-state index contributed by atoms with van der Waals surface area (Å²) in [5, 5.41) is 0. The number of hydrogen-bond donors (Lipinski definition) is 0. The average Bonchev–Trinajstić information content (AvgIpc) is 2.63. The van der Waals surface area contributed by atoms with Crippen molar-refractivity contribution in [3.8, 4) is 5.75 Å². The van der Waals surface area contributed by atoms with Crippen LogP contribution in [-0.2, 0) is 14.6 Å². The highest BCUT2D eigenvalue weighted by Crippen LogP contribution is 2.38. The monoisotopic (exact) mass is 373 g/mol. The number of hydrogen-bond acceptors (Lipinski definition) is 4. The largest absolute Gasteiger partial charge is 0.478 e. The standard InChI is InChI=1S/C20H23NO4S/c1-3-4-14-21-18(15-10-12-17(13-11-15)26(2,23)24)19(20(21)22)25-16-8-6-5-7-9-16/h5-13,18-19H,3-4,14H2,1-2H3/t18-,19+/m1/s1. The summed E-state index contributed by atoms with van der Waals surface area (Å²) in [6, 6.07) is 15.8. The van der Waals surface area contributed by atoms with Crippen molar-refractivity contribution < 1.29 is 17.9 Å². The van der Waals surface area contributed by atoms with Gasteiger partial charge in [0.1, 0.15) is 11.8 Å². The van der Waals surface area contributed by atoms with Crippen LogP contribution in [0.5, 0.6) is 5.75 Å². The van der Waals surface area contributed by atoms with Crippen LogP contribution in [0.25, 0.3) is 0 Å². The van der Waals surface area contributed by atoms with Crippen LogP contribution >= 0.6 is 0 Å². The van der Waals surface area contributed by atoms with Gasteiger partial charge in [0, 0.05) is 12.8 Å². The zero-order chi connectivity index (χ0) is 18.7. The maximum absolute atomic E-state index is 12.6. The third-order valence-electron chi connectivity index (χ3n) is 4.56. The molecule has 2 atom stereocenters. The highest BCUT2D eigenvalue weighted by molar-refractivity contribution is 7.90. The second-order valence-electron chi connectivity index (χ2n) is 6.52. The molecular formula is C20H23NO4S. The first-order chi connectivity index (χ1) is 12.4. The molecule has 0 bridgehead atoms. The van der Waals surface area contributed by atoms with Crippen LogP contribution in [-0.4, -0.2) is 38.1 Å². The van der Waals surface area contributed by atoms with Gasteiger partial charge < -0.3 is 9.64 Å². The van der Waals surface area contributed by atoms with Gasteiger partial charge in [-0.2, -0.15) is 0 Å². The quantitative estimate of drug-likeness (QED) is 0.699. The Hall–Kier alpha value is -2.34. The van der Waals surface area contributed by atoms with Gasteiger partial charge in [-0.25, -0.2) is 8.42 Å². The minimum atomic E-state index is -3.25. The van der Waals surface area contributed by atoms with Crippen molar-refractivity contribution in [3.05, 3.63) is 60.2 Å². The zero-order valence-electron chi connectivity index (χ0n) is 15.0. The van der Waals surface area contributed by atoms with E-state index in [1.165, 1.54) is 6.26 Å². The molecule has 0 N–H and O–H groups in total. The predicted molar refractivity (Wildman–Crippen MR) is 99.8 cm³/mol. The summed E-state index contributed by atoms with van der Waals surface area (Å²) >= 11 is 0. The topological polar surface area (TPSA) is 63.7 Å². The van der Waals surface area contributed by atoms with Crippen molar-refractivity contribution in [2.75, 3.05) is 12.8 Å². The number of sulfone groups is 1. The zero-order valence-corrected chi connectivity index (χ0v) is 15.8. The molecule has 5 nitrogen and oxygen atoms in total. The molecule has 1 aliphatic heterocycles. The number of ether oxygens (including phenoxy) is 1. The number of unbranched alkanes of at least 4 members (excludes halogenated alkanes) is 1. The fourth-order valence-corrected chi connectivity index (χ4v) is 3.75. The van der Waals surface area contributed by atoms with Crippen molar-refractivity contribution in [1.29, 1.82) is 0 Å². The van der Waals surface area contributed by atoms with E-state index in [9.17, 15) is 13.2 Å². The normalized spacial score (nSPS) is 19.9. The number of β-lactam (4-membered cyclic amide) rings is 1. The van der Waals surface area contributed by atoms with E-state index in [1.807, 2.05) is 35.2 Å². The van der Waals surface area contributed by atoms with Gasteiger partial charge in [-0.15, -0.1) is 0 Å². The van der Waals surface area contributed by atoms with Crippen LogP contribution < -0.4 is 4.74 Å². The van der Waals surface area contributed by atoms with Crippen molar-refractivity contribution in [2.24, 2.45) is 0 Å². The van der Waals surface area contributed by atoms with Gasteiger partial charge in [0.05, 0.1) is 4.90 Å². The molecule has 138 valence electrons. The number of carbonyl (C=O) groups excluding carboxylic acids is 1. The summed E-state index contributed by atoms with van der Waals surface area (Å²) in [5.74, 6) is 0.623. The molecule has 0 aliphatic carbocycles. The number of para-hydroxylation sites is 1. The molecule has 1 aliphatic rings. The second-order valence-corrected chi connectivity index (χ2v) is 8.54. The molecule has 1 saturated heterocycles. The summed E-state index contributed by atoms with van der Waals surface area (Å²) in [6.45, 7) is 2.75. The van der Waals surface area contributed by atoms with Gasteiger partial charge in [-0.3, -0.25) is 4.79 Å². The van der Waals surface area contributed by atoms with Crippen LogP contribution in [0.1, 0.15) is 31.4 Å². The summed E-state index contributed by atoms with van der Waals surface area (Å²) in [4.78, 5) is 14.7. The maximum atomic E-state index is 12.6. The third-order valence-corrected chi connectivity index (χ3v) is 5.69. The number of amides is 1. The number of likely N-dealkylation sites (tertiary alicyclic amines) is 1. The van der Waals surface area contributed by atoms with E-state index < -0.39 is 15.9 Å². The average molecular weight is 373 g/mol. The summed E-state index contributed by atoms with van der Waals surface area (Å²) < 4.78 is 29.3. The molecule has 0 saturated carbocycles. The molecule has 6 heteroatoms. The smallest absolute Gasteiger partial charge is 0.266 e. The SMILES string of the molecule is CCCCN1C(=O)[C@@H](Oc2ccccc2)[C@H]1c1ccc(S(C)(=O)=O)cc1. The lowest BCUT2D eigenvalue weighted by molar-refractivity contribution is -0.164. The molecule has 1 fully saturated rings. The Kier molecular flexibility index (Phi) is 5.32. The lowest BCUT2D eigenvalue weighted by atomic mass is 9.90. The first-order valence-corrected chi connectivity index (χ1v) is 10.6. The summed E-state index contributed by atoms with van der Waals surface area (Å²) in [7, 11) is -3.25. The van der Waals surface area contributed by atoms with Gasteiger partial charge >= 0.3 is 0 Å². The van der Waals surface area contributed by atoms with Crippen molar-refractivity contribution in [3.63, 3.8) is 0 Å². The Balaban J connectivity index is 1.86. The number of carbonyl (C=O) groups is 1. The number of nitrogens with zero attached hydrogens (tertiary/aromatic N) is 1. The van der Waals surface area contributed by atoms with E-state index in [2.05, 4.69) is 6.92 Å². The Morgan fingerprint density at radius 2 is 1.69 bits per heavy atom. The Labute approximate surface area is 154 Å². The molecule has 1 amide bonds. The van der Waals surface area contributed by atoms with Crippen LogP contribution in [0.15, 0.2) is 59.5 Å². The molecule has 3 rings (SSSR count). The Morgan fingerprint density at radius 3 is 2.27 bits per heavy atom. The predicted octanol–water partition coefficient (Wildman–Crippen LogP) is 3.22. The van der Waals surface area contributed by atoms with Gasteiger partial charge in [-0.1, -0.05) is 43.7 Å². The summed E-state index contributed by atoms with van der Waals surface area (Å²) in [5.41, 5.74) is 0.883. The fraction of sp³-hybridized carbons (Fsp3) is 0.350. The molecule has 0 radical (unpaired) electrons. The van der Waals surface area contributed by atoms with Crippen LogP contribution in [0, 0.1) is 0 Å². The summed E-state index contributed by atoms with van der Waals surface area (Å²) in [6.07, 6.45) is 2.51. The van der Waals surface area contributed by atoms with Gasteiger partial charge in [0.15, 0.2) is 9.84 Å². The molecule has 2 aromatic carbocycles. The molecular weight excluding hydrogens is 350 g/mol. The molecule has 26 heavy (non-hydrogen) atoms. The maximum Gasteiger partial charge on any atom is 0.266 e.